The molecule has 1 aromatic rings. The molecule has 0 amide bonds. The fraction of sp³-hybridized carbons (Fsp3) is 0.714. The molecular weight excluding hydrogens is 196 g/mol. The van der Waals surface area contributed by atoms with Gasteiger partial charge in [0.25, 0.3) is 0 Å². The molecule has 2 nitrogen and oxygen atoms in total. The number of hydrogen-bond donors (Lipinski definition) is 1. The third kappa shape index (κ3) is 2.49. The average molecular weight is 220 g/mol. The van der Waals surface area contributed by atoms with Gasteiger partial charge in [0.1, 0.15) is 0 Å². The Morgan fingerprint density at radius 3 is 2.69 bits per heavy atom. The van der Waals surface area contributed by atoms with Crippen molar-refractivity contribution in [3.05, 3.63) is 24.0 Å². The lowest BCUT2D eigenvalue weighted by atomic mass is 9.92. The Morgan fingerprint density at radius 1 is 1.44 bits per heavy atom. The maximum absolute atomic E-state index is 3.61. The first-order valence-electron chi connectivity index (χ1n) is 6.52. The summed E-state index contributed by atoms with van der Waals surface area (Å²) in [5, 5.41) is 3.61. The minimum absolute atomic E-state index is 0.618. The average Bonchev–Trinajstić information content (AvgIpc) is 2.91. The Kier molecular flexibility index (Phi) is 3.38. The summed E-state index contributed by atoms with van der Waals surface area (Å²) < 4.78 is 2.23. The molecular formula is C14H24N2. The monoisotopic (exact) mass is 220 g/mol. The van der Waals surface area contributed by atoms with E-state index in [1.54, 1.807) is 0 Å². The zero-order valence-electron chi connectivity index (χ0n) is 10.8. The molecule has 0 saturated heterocycles. The second-order valence-electron chi connectivity index (χ2n) is 5.47. The van der Waals surface area contributed by atoms with Crippen molar-refractivity contribution in [3.63, 3.8) is 0 Å². The Labute approximate surface area is 99.0 Å². The van der Waals surface area contributed by atoms with E-state index in [4.69, 9.17) is 0 Å². The van der Waals surface area contributed by atoms with Crippen LogP contribution < -0.4 is 5.32 Å². The first-order chi connectivity index (χ1) is 7.66. The van der Waals surface area contributed by atoms with Gasteiger partial charge in [-0.1, -0.05) is 13.8 Å². The van der Waals surface area contributed by atoms with Crippen LogP contribution in [0.15, 0.2) is 18.5 Å². The van der Waals surface area contributed by atoms with Crippen LogP contribution in [0.1, 0.15) is 39.2 Å². The highest BCUT2D eigenvalue weighted by molar-refractivity contribution is 5.10. The molecule has 1 fully saturated rings. The van der Waals surface area contributed by atoms with Gasteiger partial charge in [0.2, 0.25) is 0 Å². The maximum Gasteiger partial charge on any atom is 0.0220 e. The highest BCUT2D eigenvalue weighted by Gasteiger charge is 2.44. The molecule has 0 aromatic carbocycles. The quantitative estimate of drug-likeness (QED) is 0.779. The van der Waals surface area contributed by atoms with E-state index in [2.05, 4.69) is 49.1 Å². The van der Waals surface area contributed by atoms with Crippen molar-refractivity contribution in [2.24, 2.45) is 11.3 Å². The molecule has 0 spiro atoms. The van der Waals surface area contributed by atoms with Crippen LogP contribution in [0.25, 0.3) is 0 Å². The molecule has 1 aliphatic rings. The summed E-state index contributed by atoms with van der Waals surface area (Å²) in [7, 11) is 0. The normalized spacial score (nSPS) is 18.0. The van der Waals surface area contributed by atoms with Gasteiger partial charge in [-0.05, 0) is 42.7 Å². The minimum Gasteiger partial charge on any atom is -0.354 e. The van der Waals surface area contributed by atoms with E-state index in [0.717, 1.165) is 19.0 Å². The fourth-order valence-corrected chi connectivity index (χ4v) is 2.37. The highest BCUT2D eigenvalue weighted by atomic mass is 14.9. The third-order valence-corrected chi connectivity index (χ3v) is 4.10. The lowest BCUT2D eigenvalue weighted by Gasteiger charge is -2.19. The zero-order valence-corrected chi connectivity index (χ0v) is 10.8. The summed E-state index contributed by atoms with van der Waals surface area (Å²) in [6.45, 7) is 10.1. The van der Waals surface area contributed by atoms with Crippen molar-refractivity contribution in [1.29, 1.82) is 0 Å². The first-order valence-corrected chi connectivity index (χ1v) is 6.52. The molecule has 2 rings (SSSR count). The van der Waals surface area contributed by atoms with Crippen LogP contribution in [0.3, 0.4) is 0 Å². The van der Waals surface area contributed by atoms with E-state index < -0.39 is 0 Å². The molecule has 1 aliphatic carbocycles. The van der Waals surface area contributed by atoms with Gasteiger partial charge >= 0.3 is 0 Å². The molecule has 2 heteroatoms. The van der Waals surface area contributed by atoms with E-state index in [9.17, 15) is 0 Å². The maximum atomic E-state index is 3.61. The zero-order chi connectivity index (χ0) is 11.6. The molecule has 0 atom stereocenters. The predicted molar refractivity (Wildman–Crippen MR) is 68.3 cm³/mol. The summed E-state index contributed by atoms with van der Waals surface area (Å²) in [5.74, 6) is 0.820. The van der Waals surface area contributed by atoms with E-state index in [-0.39, 0.29) is 0 Å². The van der Waals surface area contributed by atoms with Crippen LogP contribution in [-0.4, -0.2) is 11.1 Å². The lowest BCUT2D eigenvalue weighted by molar-refractivity contribution is 0.338. The van der Waals surface area contributed by atoms with Crippen LogP contribution in [0.2, 0.25) is 0 Å². The molecule has 1 N–H and O–H groups in total. The summed E-state index contributed by atoms with van der Waals surface area (Å²) in [4.78, 5) is 0. The highest BCUT2D eigenvalue weighted by Crippen LogP contribution is 2.51. The van der Waals surface area contributed by atoms with Crippen LogP contribution in [0.5, 0.6) is 0 Å². The van der Waals surface area contributed by atoms with Crippen molar-refractivity contribution in [1.82, 2.24) is 9.88 Å². The summed E-state index contributed by atoms with van der Waals surface area (Å²) >= 11 is 0. The number of aromatic nitrogens is 1. The molecule has 0 unspecified atom stereocenters. The number of hydrogen-bond acceptors (Lipinski definition) is 1. The van der Waals surface area contributed by atoms with E-state index in [0.29, 0.717) is 5.41 Å². The van der Waals surface area contributed by atoms with Gasteiger partial charge in [0, 0.05) is 32.0 Å². The Morgan fingerprint density at radius 2 is 2.19 bits per heavy atom. The predicted octanol–water partition coefficient (Wildman–Crippen LogP) is 3.03. The van der Waals surface area contributed by atoms with Crippen LogP contribution in [0.4, 0.5) is 0 Å². The summed E-state index contributed by atoms with van der Waals surface area (Å²) in [6, 6.07) is 2.21. The van der Waals surface area contributed by atoms with Gasteiger partial charge in [-0.25, -0.2) is 0 Å². The van der Waals surface area contributed by atoms with Crippen molar-refractivity contribution >= 4 is 0 Å². The van der Waals surface area contributed by atoms with Crippen molar-refractivity contribution in [2.75, 3.05) is 6.54 Å². The number of rotatable bonds is 6. The topological polar surface area (TPSA) is 17.0 Å². The standard InChI is InChI=1S/C14H24N2/c1-4-16-8-5-13(10-16)9-15-11-14(6-7-14)12(2)3/h5,8,10,12,15H,4,6-7,9,11H2,1-3H3. The smallest absolute Gasteiger partial charge is 0.0220 e. The van der Waals surface area contributed by atoms with Gasteiger partial charge in [-0.15, -0.1) is 0 Å². The van der Waals surface area contributed by atoms with E-state index >= 15 is 0 Å². The Bertz CT molecular complexity index is 334. The third-order valence-electron chi connectivity index (χ3n) is 4.10. The van der Waals surface area contributed by atoms with Crippen LogP contribution in [0, 0.1) is 11.3 Å². The van der Waals surface area contributed by atoms with Gasteiger partial charge < -0.3 is 9.88 Å². The van der Waals surface area contributed by atoms with Crippen molar-refractivity contribution in [3.8, 4) is 0 Å². The summed E-state index contributed by atoms with van der Waals surface area (Å²) in [6.07, 6.45) is 7.22. The number of aryl methyl sites for hydroxylation is 1. The van der Waals surface area contributed by atoms with Crippen molar-refractivity contribution < 1.29 is 0 Å². The molecule has 16 heavy (non-hydrogen) atoms. The van der Waals surface area contributed by atoms with E-state index in [1.807, 2.05) is 0 Å². The molecule has 1 heterocycles. The van der Waals surface area contributed by atoms with Gasteiger partial charge in [-0.3, -0.25) is 0 Å². The molecule has 0 radical (unpaired) electrons. The van der Waals surface area contributed by atoms with Gasteiger partial charge in [0.05, 0.1) is 0 Å². The van der Waals surface area contributed by atoms with Crippen LogP contribution >= 0.6 is 0 Å². The minimum atomic E-state index is 0.618. The second kappa shape index (κ2) is 4.62. The Hall–Kier alpha value is -0.760. The first kappa shape index (κ1) is 11.7. The SMILES string of the molecule is CCn1ccc(CNCC2(C(C)C)CC2)c1. The van der Waals surface area contributed by atoms with Crippen molar-refractivity contribution in [2.45, 2.75) is 46.7 Å². The second-order valence-corrected chi connectivity index (χ2v) is 5.47. The molecule has 0 bridgehead atoms. The molecule has 1 saturated carbocycles. The van der Waals surface area contributed by atoms with Crippen LogP contribution in [-0.2, 0) is 13.1 Å². The number of nitrogens with one attached hydrogen (secondary N) is 1. The largest absolute Gasteiger partial charge is 0.354 e. The van der Waals surface area contributed by atoms with Gasteiger partial charge in [-0.2, -0.15) is 0 Å². The molecule has 90 valence electrons. The number of nitrogens with zero attached hydrogens (tertiary/aromatic N) is 1. The lowest BCUT2D eigenvalue weighted by Crippen LogP contribution is -2.27. The Balaban J connectivity index is 1.76. The van der Waals surface area contributed by atoms with E-state index in [1.165, 1.54) is 24.9 Å². The molecule has 0 aliphatic heterocycles. The van der Waals surface area contributed by atoms with Gasteiger partial charge in [0.15, 0.2) is 0 Å². The molecule has 1 aromatic heterocycles. The fourth-order valence-electron chi connectivity index (χ4n) is 2.37. The summed E-state index contributed by atoms with van der Waals surface area (Å²) in [5.41, 5.74) is 2.02.